The lowest BCUT2D eigenvalue weighted by atomic mass is 10.1. The molecule has 7 nitrogen and oxygen atoms in total. The Bertz CT molecular complexity index is 1300. The minimum Gasteiger partial charge on any atom is -0.497 e. The molecule has 172 valence electrons. The number of rotatable bonds is 8. The number of benzene rings is 3. The first-order chi connectivity index (χ1) is 16.6. The van der Waals surface area contributed by atoms with Crippen molar-refractivity contribution in [3.63, 3.8) is 0 Å². The van der Waals surface area contributed by atoms with Gasteiger partial charge in [-0.3, -0.25) is 4.79 Å². The molecule has 1 heterocycles. The summed E-state index contributed by atoms with van der Waals surface area (Å²) in [5.74, 6) is 1.45. The highest BCUT2D eigenvalue weighted by molar-refractivity contribution is 5.94. The van der Waals surface area contributed by atoms with Gasteiger partial charge in [0.05, 0.1) is 19.9 Å². The molecular weight excluding hydrogens is 437 g/mol. The van der Waals surface area contributed by atoms with Gasteiger partial charge in [0.15, 0.2) is 0 Å². The zero-order valence-electron chi connectivity index (χ0n) is 18.6. The van der Waals surface area contributed by atoms with E-state index in [4.69, 9.17) is 14.2 Å². The van der Waals surface area contributed by atoms with Crippen LogP contribution in [0.2, 0.25) is 0 Å². The molecule has 1 aromatic heterocycles. The van der Waals surface area contributed by atoms with E-state index in [0.29, 0.717) is 34.4 Å². The van der Waals surface area contributed by atoms with Gasteiger partial charge in [0.1, 0.15) is 29.4 Å². The number of methoxy groups -OCH3 is 2. The Morgan fingerprint density at radius 1 is 0.912 bits per heavy atom. The van der Waals surface area contributed by atoms with Crippen molar-refractivity contribution in [3.05, 3.63) is 96.1 Å². The third-order valence-electron chi connectivity index (χ3n) is 5.03. The van der Waals surface area contributed by atoms with Crippen LogP contribution in [0, 0.1) is 5.82 Å². The minimum atomic E-state index is -0.324. The van der Waals surface area contributed by atoms with Gasteiger partial charge in [-0.15, -0.1) is 0 Å². The van der Waals surface area contributed by atoms with E-state index in [-0.39, 0.29) is 18.3 Å². The number of halogens is 1. The first kappa shape index (κ1) is 22.7. The minimum absolute atomic E-state index is 0.266. The van der Waals surface area contributed by atoms with Crippen LogP contribution in [0.3, 0.4) is 0 Å². The number of nitrogens with zero attached hydrogens (tertiary/aromatic N) is 2. The van der Waals surface area contributed by atoms with E-state index in [1.165, 1.54) is 18.5 Å². The van der Waals surface area contributed by atoms with Crippen molar-refractivity contribution in [1.82, 2.24) is 15.3 Å². The quantitative estimate of drug-likeness (QED) is 0.398. The molecule has 1 N–H and O–H groups in total. The molecular formula is C26H22FN3O4. The number of hydrogen-bond acceptors (Lipinski definition) is 6. The number of ether oxygens (including phenoxy) is 3. The summed E-state index contributed by atoms with van der Waals surface area (Å²) >= 11 is 0. The summed E-state index contributed by atoms with van der Waals surface area (Å²) in [5, 5.41) is 2.88. The molecule has 8 heteroatoms. The van der Waals surface area contributed by atoms with E-state index < -0.39 is 0 Å². The topological polar surface area (TPSA) is 82.6 Å². The fourth-order valence-corrected chi connectivity index (χ4v) is 3.27. The van der Waals surface area contributed by atoms with Crippen LogP contribution in [0.1, 0.15) is 15.9 Å². The first-order valence-electron chi connectivity index (χ1n) is 10.4. The number of amides is 1. The lowest BCUT2D eigenvalue weighted by Crippen LogP contribution is -2.23. The SMILES string of the molecule is COc1ccc(CNC(=O)c2cccc(Oc3cc(-c4ccc(F)cc4)ncn3)c2)c(OC)c1. The van der Waals surface area contributed by atoms with Gasteiger partial charge >= 0.3 is 0 Å². The number of nitrogens with one attached hydrogen (secondary N) is 1. The van der Waals surface area contributed by atoms with Crippen molar-refractivity contribution in [1.29, 1.82) is 0 Å². The molecule has 0 unspecified atom stereocenters. The lowest BCUT2D eigenvalue weighted by molar-refractivity contribution is 0.0950. The molecule has 0 atom stereocenters. The van der Waals surface area contributed by atoms with Crippen molar-refractivity contribution in [2.45, 2.75) is 6.54 Å². The van der Waals surface area contributed by atoms with Crippen molar-refractivity contribution < 1.29 is 23.4 Å². The lowest BCUT2D eigenvalue weighted by Gasteiger charge is -2.12. The Hall–Kier alpha value is -4.46. The first-order valence-corrected chi connectivity index (χ1v) is 10.4. The van der Waals surface area contributed by atoms with Gasteiger partial charge in [-0.25, -0.2) is 14.4 Å². The normalized spacial score (nSPS) is 10.4. The number of aromatic nitrogens is 2. The molecule has 4 rings (SSSR count). The summed E-state index contributed by atoms with van der Waals surface area (Å²) in [4.78, 5) is 21.1. The molecule has 0 aliphatic carbocycles. The van der Waals surface area contributed by atoms with E-state index in [0.717, 1.165) is 11.1 Å². The molecule has 0 saturated carbocycles. The average molecular weight is 459 g/mol. The molecule has 0 fully saturated rings. The highest BCUT2D eigenvalue weighted by Gasteiger charge is 2.11. The Balaban J connectivity index is 1.44. The molecule has 0 saturated heterocycles. The second-order valence-electron chi connectivity index (χ2n) is 7.24. The van der Waals surface area contributed by atoms with Crippen LogP contribution in [-0.2, 0) is 6.54 Å². The fourth-order valence-electron chi connectivity index (χ4n) is 3.27. The maximum atomic E-state index is 13.2. The number of carbonyl (C=O) groups excluding carboxylic acids is 1. The zero-order chi connectivity index (χ0) is 23.9. The maximum Gasteiger partial charge on any atom is 0.251 e. The third-order valence-corrected chi connectivity index (χ3v) is 5.03. The second-order valence-corrected chi connectivity index (χ2v) is 7.24. The van der Waals surface area contributed by atoms with Gasteiger partial charge in [-0.05, 0) is 54.6 Å². The molecule has 0 spiro atoms. The summed E-state index contributed by atoms with van der Waals surface area (Å²) < 4.78 is 29.6. The van der Waals surface area contributed by atoms with E-state index in [2.05, 4.69) is 15.3 Å². The van der Waals surface area contributed by atoms with E-state index in [9.17, 15) is 9.18 Å². The summed E-state index contributed by atoms with van der Waals surface area (Å²) in [6.07, 6.45) is 1.37. The number of hydrogen-bond donors (Lipinski definition) is 1. The van der Waals surface area contributed by atoms with Gasteiger partial charge in [-0.2, -0.15) is 0 Å². The van der Waals surface area contributed by atoms with Gasteiger partial charge in [-0.1, -0.05) is 6.07 Å². The van der Waals surface area contributed by atoms with Crippen molar-refractivity contribution in [2.24, 2.45) is 0 Å². The Morgan fingerprint density at radius 2 is 1.74 bits per heavy atom. The number of carbonyl (C=O) groups is 1. The van der Waals surface area contributed by atoms with Crippen LogP contribution in [-0.4, -0.2) is 30.1 Å². The standard InChI is InChI=1S/C26H22FN3O4/c1-32-21-11-8-19(24(13-21)33-2)15-28-26(31)18-4-3-5-22(12-18)34-25-14-23(29-16-30-25)17-6-9-20(27)10-7-17/h3-14,16H,15H2,1-2H3,(H,28,31). The molecule has 1 amide bonds. The van der Waals surface area contributed by atoms with Crippen LogP contribution >= 0.6 is 0 Å². The van der Waals surface area contributed by atoms with Gasteiger partial charge in [0, 0.05) is 35.4 Å². The van der Waals surface area contributed by atoms with Crippen LogP contribution in [0.15, 0.2) is 79.1 Å². The van der Waals surface area contributed by atoms with Crippen LogP contribution in [0.4, 0.5) is 4.39 Å². The molecule has 0 radical (unpaired) electrons. The summed E-state index contributed by atoms with van der Waals surface area (Å²) in [5.41, 5.74) is 2.57. The highest BCUT2D eigenvalue weighted by Crippen LogP contribution is 2.26. The van der Waals surface area contributed by atoms with Crippen molar-refractivity contribution in [2.75, 3.05) is 14.2 Å². The van der Waals surface area contributed by atoms with E-state index in [1.54, 1.807) is 68.8 Å². The summed E-state index contributed by atoms with van der Waals surface area (Å²) in [7, 11) is 3.14. The molecule has 0 aliphatic rings. The van der Waals surface area contributed by atoms with Crippen LogP contribution in [0.5, 0.6) is 23.1 Å². The predicted octanol–water partition coefficient (Wildman–Crippen LogP) is 5.02. The molecule has 34 heavy (non-hydrogen) atoms. The third kappa shape index (κ3) is 5.47. The second kappa shape index (κ2) is 10.4. The largest absolute Gasteiger partial charge is 0.497 e. The van der Waals surface area contributed by atoms with Gasteiger partial charge < -0.3 is 19.5 Å². The molecule has 4 aromatic rings. The highest BCUT2D eigenvalue weighted by atomic mass is 19.1. The zero-order valence-corrected chi connectivity index (χ0v) is 18.6. The molecule has 0 aliphatic heterocycles. The summed E-state index contributed by atoms with van der Waals surface area (Å²) in [6, 6.07) is 19.8. The van der Waals surface area contributed by atoms with Crippen LogP contribution < -0.4 is 19.5 Å². The smallest absolute Gasteiger partial charge is 0.251 e. The predicted molar refractivity (Wildman–Crippen MR) is 125 cm³/mol. The van der Waals surface area contributed by atoms with Crippen LogP contribution in [0.25, 0.3) is 11.3 Å². The molecule has 0 bridgehead atoms. The Labute approximate surface area is 196 Å². The van der Waals surface area contributed by atoms with Crippen molar-refractivity contribution in [3.8, 4) is 34.4 Å². The van der Waals surface area contributed by atoms with E-state index in [1.807, 2.05) is 6.07 Å². The van der Waals surface area contributed by atoms with Gasteiger partial charge in [0.25, 0.3) is 5.91 Å². The summed E-state index contributed by atoms with van der Waals surface area (Å²) in [6.45, 7) is 0.282. The van der Waals surface area contributed by atoms with Gasteiger partial charge in [0.2, 0.25) is 5.88 Å². The maximum absolute atomic E-state index is 13.2. The Morgan fingerprint density at radius 3 is 2.50 bits per heavy atom. The van der Waals surface area contributed by atoms with Crippen molar-refractivity contribution >= 4 is 5.91 Å². The monoisotopic (exact) mass is 459 g/mol. The molecule has 3 aromatic carbocycles. The fraction of sp³-hybridized carbons (Fsp3) is 0.115. The van der Waals surface area contributed by atoms with E-state index >= 15 is 0 Å². The Kier molecular flexibility index (Phi) is 6.98. The average Bonchev–Trinajstić information content (AvgIpc) is 2.88.